The predicted octanol–water partition coefficient (Wildman–Crippen LogP) is 1.49. The van der Waals surface area contributed by atoms with Gasteiger partial charge in [0.25, 0.3) is 0 Å². The van der Waals surface area contributed by atoms with Gasteiger partial charge in [-0.1, -0.05) is 13.3 Å². The van der Waals surface area contributed by atoms with Crippen molar-refractivity contribution in [3.63, 3.8) is 0 Å². The largest absolute Gasteiger partial charge is 0.497 e. The van der Waals surface area contributed by atoms with Gasteiger partial charge in [-0.25, -0.2) is 4.98 Å². The van der Waals surface area contributed by atoms with E-state index < -0.39 is 6.04 Å². The number of fused-ring (bicyclic) bond motifs is 1. The van der Waals surface area contributed by atoms with Crippen LogP contribution in [0.2, 0.25) is 0 Å². The van der Waals surface area contributed by atoms with Gasteiger partial charge in [-0.2, -0.15) is 0 Å². The molecule has 1 atom stereocenters. The molecule has 0 saturated heterocycles. The summed E-state index contributed by atoms with van der Waals surface area (Å²) in [5, 5.41) is 5.46. The molecule has 1 aromatic carbocycles. The van der Waals surface area contributed by atoms with Gasteiger partial charge >= 0.3 is 0 Å². The number of carbonyl (C=O) groups is 2. The van der Waals surface area contributed by atoms with Crippen LogP contribution < -0.4 is 15.4 Å². The van der Waals surface area contributed by atoms with Gasteiger partial charge in [-0.05, 0) is 18.6 Å². The van der Waals surface area contributed by atoms with Gasteiger partial charge in [-0.15, -0.1) is 0 Å². The smallest absolute Gasteiger partial charge is 0.242 e. The summed E-state index contributed by atoms with van der Waals surface area (Å²) in [4.78, 5) is 30.9. The van der Waals surface area contributed by atoms with Crippen molar-refractivity contribution in [2.75, 3.05) is 7.11 Å². The Kier molecular flexibility index (Phi) is 5.56. The molecule has 0 bridgehead atoms. The van der Waals surface area contributed by atoms with Gasteiger partial charge in [0, 0.05) is 13.0 Å². The fourth-order valence-corrected chi connectivity index (χ4v) is 2.35. The van der Waals surface area contributed by atoms with Gasteiger partial charge in [-0.3, -0.25) is 9.59 Å². The van der Waals surface area contributed by atoms with E-state index in [0.717, 1.165) is 23.2 Å². The molecule has 124 valence electrons. The zero-order valence-electron chi connectivity index (χ0n) is 13.6. The van der Waals surface area contributed by atoms with E-state index in [1.807, 2.05) is 25.1 Å². The van der Waals surface area contributed by atoms with Crippen LogP contribution in [-0.4, -0.2) is 34.9 Å². The minimum Gasteiger partial charge on any atom is -0.497 e. The fourth-order valence-electron chi connectivity index (χ4n) is 2.35. The molecule has 7 nitrogen and oxygen atoms in total. The molecule has 0 aliphatic heterocycles. The lowest BCUT2D eigenvalue weighted by Gasteiger charge is -2.16. The van der Waals surface area contributed by atoms with Crippen LogP contribution in [0.4, 0.5) is 0 Å². The summed E-state index contributed by atoms with van der Waals surface area (Å²) in [5.74, 6) is 0.972. The van der Waals surface area contributed by atoms with E-state index >= 15 is 0 Å². The van der Waals surface area contributed by atoms with Crippen molar-refractivity contribution in [1.29, 1.82) is 0 Å². The number of H-pyrrole nitrogens is 1. The van der Waals surface area contributed by atoms with Crippen molar-refractivity contribution >= 4 is 22.8 Å². The number of aromatic amines is 1. The molecule has 0 aliphatic rings. The van der Waals surface area contributed by atoms with Crippen LogP contribution in [0, 0.1) is 0 Å². The number of carbonyl (C=O) groups excluding carboxylic acids is 2. The summed E-state index contributed by atoms with van der Waals surface area (Å²) in [6.45, 7) is 3.65. The Labute approximate surface area is 134 Å². The van der Waals surface area contributed by atoms with Gasteiger partial charge in [0.05, 0.1) is 24.7 Å². The zero-order chi connectivity index (χ0) is 16.8. The minimum atomic E-state index is -0.512. The van der Waals surface area contributed by atoms with E-state index in [-0.39, 0.29) is 18.4 Å². The van der Waals surface area contributed by atoms with Crippen molar-refractivity contribution in [2.24, 2.45) is 0 Å². The number of amides is 2. The number of imidazole rings is 1. The maximum absolute atomic E-state index is 12.2. The summed E-state index contributed by atoms with van der Waals surface area (Å²) < 4.78 is 5.17. The van der Waals surface area contributed by atoms with Gasteiger partial charge in [0.2, 0.25) is 11.8 Å². The monoisotopic (exact) mass is 318 g/mol. The predicted molar refractivity (Wildman–Crippen MR) is 87.0 cm³/mol. The second-order valence-corrected chi connectivity index (χ2v) is 5.33. The molecule has 0 spiro atoms. The maximum Gasteiger partial charge on any atom is 0.242 e. The minimum absolute atomic E-state index is 0.208. The number of benzene rings is 1. The lowest BCUT2D eigenvalue weighted by molar-refractivity contribution is -0.128. The number of nitrogens with one attached hydrogen (secondary N) is 3. The van der Waals surface area contributed by atoms with Crippen molar-refractivity contribution in [3.8, 4) is 5.75 Å². The third-order valence-corrected chi connectivity index (χ3v) is 3.44. The molecule has 0 radical (unpaired) electrons. The number of rotatable bonds is 7. The third-order valence-electron chi connectivity index (χ3n) is 3.44. The van der Waals surface area contributed by atoms with Crippen LogP contribution >= 0.6 is 0 Å². The Morgan fingerprint density at radius 3 is 2.83 bits per heavy atom. The van der Waals surface area contributed by atoms with Crippen molar-refractivity contribution < 1.29 is 14.3 Å². The van der Waals surface area contributed by atoms with Crippen molar-refractivity contribution in [3.05, 3.63) is 24.0 Å². The van der Waals surface area contributed by atoms with Crippen LogP contribution in [0.5, 0.6) is 5.75 Å². The van der Waals surface area contributed by atoms with E-state index in [2.05, 4.69) is 20.6 Å². The van der Waals surface area contributed by atoms with Crippen molar-refractivity contribution in [2.45, 2.75) is 39.3 Å². The van der Waals surface area contributed by atoms with E-state index in [9.17, 15) is 9.59 Å². The van der Waals surface area contributed by atoms with E-state index in [0.29, 0.717) is 12.2 Å². The zero-order valence-corrected chi connectivity index (χ0v) is 13.6. The Balaban J connectivity index is 2.01. The molecule has 1 heterocycles. The fraction of sp³-hybridized carbons (Fsp3) is 0.438. The molecule has 0 saturated carbocycles. The number of hydrogen-bond acceptors (Lipinski definition) is 4. The molecule has 23 heavy (non-hydrogen) atoms. The Bertz CT molecular complexity index is 696. The first kappa shape index (κ1) is 16.8. The molecule has 7 heteroatoms. The molecule has 0 fully saturated rings. The first-order valence-electron chi connectivity index (χ1n) is 7.61. The Hall–Kier alpha value is -2.57. The molecule has 0 aliphatic carbocycles. The first-order chi connectivity index (χ1) is 11.0. The van der Waals surface area contributed by atoms with Crippen molar-refractivity contribution in [1.82, 2.24) is 20.6 Å². The summed E-state index contributed by atoms with van der Waals surface area (Å²) in [6.07, 6.45) is 1.41. The van der Waals surface area contributed by atoms with E-state index in [1.54, 1.807) is 7.11 Å². The molecule has 2 aromatic rings. The molecular formula is C16H22N4O3. The van der Waals surface area contributed by atoms with Gasteiger partial charge < -0.3 is 20.4 Å². The Morgan fingerprint density at radius 1 is 1.39 bits per heavy atom. The highest BCUT2D eigenvalue weighted by atomic mass is 16.5. The van der Waals surface area contributed by atoms with Crippen LogP contribution in [0.3, 0.4) is 0 Å². The van der Waals surface area contributed by atoms with Crippen LogP contribution in [0.15, 0.2) is 18.2 Å². The summed E-state index contributed by atoms with van der Waals surface area (Å²) in [6, 6.07) is 5.03. The highest BCUT2D eigenvalue weighted by molar-refractivity contribution is 5.86. The van der Waals surface area contributed by atoms with Gasteiger partial charge in [0.15, 0.2) is 0 Å². The topological polar surface area (TPSA) is 96.1 Å². The van der Waals surface area contributed by atoms with Crippen LogP contribution in [0.1, 0.15) is 32.5 Å². The first-order valence-corrected chi connectivity index (χ1v) is 7.61. The number of nitrogens with zero attached hydrogens (tertiary/aromatic N) is 1. The normalized spacial score (nSPS) is 12.0. The SMILES string of the molecule is CCC[C@@H](NC(C)=O)C(=O)NCc1nc2ccc(OC)cc2[nH]1. The van der Waals surface area contributed by atoms with E-state index in [1.165, 1.54) is 6.92 Å². The van der Waals surface area contributed by atoms with Crippen LogP contribution in [-0.2, 0) is 16.1 Å². The number of hydrogen-bond donors (Lipinski definition) is 3. The second kappa shape index (κ2) is 7.62. The lowest BCUT2D eigenvalue weighted by atomic mass is 10.1. The summed E-state index contributed by atoms with van der Waals surface area (Å²) in [7, 11) is 1.61. The molecular weight excluding hydrogens is 296 g/mol. The standard InChI is InChI=1S/C16H22N4O3/c1-4-5-13(18-10(2)21)16(22)17-9-15-19-12-7-6-11(23-3)8-14(12)20-15/h6-8,13H,4-5,9H2,1-3H3,(H,17,22)(H,18,21)(H,19,20)/t13-/m1/s1. The van der Waals surface area contributed by atoms with E-state index in [4.69, 9.17) is 4.74 Å². The van der Waals surface area contributed by atoms with Crippen LogP contribution in [0.25, 0.3) is 11.0 Å². The quantitative estimate of drug-likeness (QED) is 0.720. The molecule has 1 aromatic heterocycles. The second-order valence-electron chi connectivity index (χ2n) is 5.33. The Morgan fingerprint density at radius 2 is 2.17 bits per heavy atom. The molecule has 2 rings (SSSR count). The number of ether oxygens (including phenoxy) is 1. The lowest BCUT2D eigenvalue weighted by Crippen LogP contribution is -2.45. The third kappa shape index (κ3) is 4.45. The number of aromatic nitrogens is 2. The molecule has 0 unspecified atom stereocenters. The average Bonchev–Trinajstić information content (AvgIpc) is 2.93. The highest BCUT2D eigenvalue weighted by Crippen LogP contribution is 2.18. The summed E-state index contributed by atoms with van der Waals surface area (Å²) in [5.41, 5.74) is 1.66. The number of methoxy groups -OCH3 is 1. The highest BCUT2D eigenvalue weighted by Gasteiger charge is 2.18. The van der Waals surface area contributed by atoms with Gasteiger partial charge in [0.1, 0.15) is 17.6 Å². The average molecular weight is 318 g/mol. The summed E-state index contributed by atoms with van der Waals surface area (Å²) >= 11 is 0. The molecule has 3 N–H and O–H groups in total. The molecule has 2 amide bonds. The maximum atomic E-state index is 12.2.